The third kappa shape index (κ3) is 3.06. The Hall–Kier alpha value is -2.00. The minimum atomic E-state index is 0.0608. The lowest BCUT2D eigenvalue weighted by Gasteiger charge is -2.09. The van der Waals surface area contributed by atoms with Crippen LogP contribution in [0.25, 0.3) is 0 Å². The quantitative estimate of drug-likeness (QED) is 0.509. The van der Waals surface area contributed by atoms with Gasteiger partial charge in [0.15, 0.2) is 0 Å². The summed E-state index contributed by atoms with van der Waals surface area (Å²) in [7, 11) is 0. The monoisotopic (exact) mass is 275 g/mol. The Morgan fingerprint density at radius 3 is 2.53 bits per heavy atom. The van der Waals surface area contributed by atoms with E-state index < -0.39 is 0 Å². The van der Waals surface area contributed by atoms with E-state index in [2.05, 4.69) is 5.16 Å². The van der Waals surface area contributed by atoms with Crippen LogP contribution in [0.1, 0.15) is 16.7 Å². The Labute approximate surface area is 116 Å². The third-order valence-corrected chi connectivity index (χ3v) is 3.33. The molecule has 3 nitrogen and oxygen atoms in total. The molecule has 0 bridgehead atoms. The van der Waals surface area contributed by atoms with Crippen LogP contribution in [0.4, 0.5) is 0 Å². The van der Waals surface area contributed by atoms with Crippen molar-refractivity contribution in [3.63, 3.8) is 0 Å². The van der Waals surface area contributed by atoms with Crippen molar-refractivity contribution in [2.24, 2.45) is 5.16 Å². The van der Waals surface area contributed by atoms with Crippen LogP contribution in [0, 0.1) is 6.92 Å². The van der Waals surface area contributed by atoms with E-state index in [1.807, 2.05) is 30.3 Å². The average Bonchev–Trinajstić information content (AvgIpc) is 2.42. The highest BCUT2D eigenvalue weighted by Gasteiger charge is 2.13. The molecule has 0 fully saturated rings. The number of halogens is 1. The van der Waals surface area contributed by atoms with Crippen LogP contribution >= 0.6 is 11.6 Å². The van der Waals surface area contributed by atoms with Gasteiger partial charge in [0, 0.05) is 17.0 Å². The first-order valence-corrected chi connectivity index (χ1v) is 6.24. The van der Waals surface area contributed by atoms with Crippen molar-refractivity contribution in [1.82, 2.24) is 0 Å². The lowest BCUT2D eigenvalue weighted by Crippen LogP contribution is -2.06. The maximum absolute atomic E-state index is 9.94. The Morgan fingerprint density at radius 2 is 1.89 bits per heavy atom. The van der Waals surface area contributed by atoms with E-state index in [-0.39, 0.29) is 5.75 Å². The van der Waals surface area contributed by atoms with Gasteiger partial charge in [0.25, 0.3) is 0 Å². The van der Waals surface area contributed by atoms with Gasteiger partial charge in [-0.25, -0.2) is 0 Å². The largest absolute Gasteiger partial charge is 0.507 e. The van der Waals surface area contributed by atoms with Gasteiger partial charge in [0.1, 0.15) is 5.75 Å². The summed E-state index contributed by atoms with van der Waals surface area (Å²) in [5, 5.41) is 22.9. The number of aryl methyl sites for hydroxylation is 1. The van der Waals surface area contributed by atoms with Crippen LogP contribution in [-0.4, -0.2) is 16.0 Å². The second-order valence-corrected chi connectivity index (χ2v) is 4.73. The number of phenols is 1. The van der Waals surface area contributed by atoms with Gasteiger partial charge >= 0.3 is 0 Å². The van der Waals surface area contributed by atoms with E-state index in [1.165, 1.54) is 0 Å². The SMILES string of the molecule is Cc1cc(O)c(C(Cc2ccccc2)=NO)cc1Cl. The predicted molar refractivity (Wildman–Crippen MR) is 76.3 cm³/mol. The van der Waals surface area contributed by atoms with Gasteiger partial charge in [-0.2, -0.15) is 0 Å². The molecule has 2 aromatic carbocycles. The zero-order chi connectivity index (χ0) is 13.8. The predicted octanol–water partition coefficient (Wildman–Crippen LogP) is 3.78. The lowest BCUT2D eigenvalue weighted by atomic mass is 10.0. The summed E-state index contributed by atoms with van der Waals surface area (Å²) < 4.78 is 0. The van der Waals surface area contributed by atoms with Crippen molar-refractivity contribution >= 4 is 17.3 Å². The molecule has 0 atom stereocenters. The first-order valence-electron chi connectivity index (χ1n) is 5.86. The maximum atomic E-state index is 9.94. The lowest BCUT2D eigenvalue weighted by molar-refractivity contribution is 0.318. The summed E-state index contributed by atoms with van der Waals surface area (Å²) in [5.74, 6) is 0.0608. The maximum Gasteiger partial charge on any atom is 0.125 e. The number of benzene rings is 2. The molecular formula is C15H14ClNO2. The molecule has 0 heterocycles. The van der Waals surface area contributed by atoms with E-state index >= 15 is 0 Å². The standard InChI is InChI=1S/C15H14ClNO2/c1-10-7-15(18)12(9-13(10)16)14(17-19)8-11-5-3-2-4-6-11/h2-7,9,18-19H,8H2,1H3. The molecule has 0 saturated heterocycles. The molecule has 19 heavy (non-hydrogen) atoms. The first kappa shape index (κ1) is 13.4. The van der Waals surface area contributed by atoms with E-state index in [4.69, 9.17) is 16.8 Å². The molecule has 2 N–H and O–H groups in total. The van der Waals surface area contributed by atoms with Crippen LogP contribution in [0.2, 0.25) is 5.02 Å². The molecule has 0 unspecified atom stereocenters. The van der Waals surface area contributed by atoms with E-state index in [0.717, 1.165) is 11.1 Å². The number of phenolic OH excluding ortho intramolecular Hbond substituents is 1. The normalized spacial score (nSPS) is 11.6. The molecule has 0 aliphatic rings. The summed E-state index contributed by atoms with van der Waals surface area (Å²) in [6.07, 6.45) is 0.421. The summed E-state index contributed by atoms with van der Waals surface area (Å²) >= 11 is 6.04. The molecule has 0 aromatic heterocycles. The van der Waals surface area contributed by atoms with E-state index in [1.54, 1.807) is 19.1 Å². The van der Waals surface area contributed by atoms with Crippen LogP contribution in [0.15, 0.2) is 47.6 Å². The molecule has 0 radical (unpaired) electrons. The molecule has 2 rings (SSSR count). The van der Waals surface area contributed by atoms with Crippen molar-refractivity contribution in [2.45, 2.75) is 13.3 Å². The average molecular weight is 276 g/mol. The molecule has 0 aliphatic heterocycles. The number of hydrogen-bond acceptors (Lipinski definition) is 3. The van der Waals surface area contributed by atoms with Gasteiger partial charge in [-0.15, -0.1) is 0 Å². The van der Waals surface area contributed by atoms with Gasteiger partial charge in [-0.3, -0.25) is 0 Å². The van der Waals surface area contributed by atoms with Gasteiger partial charge < -0.3 is 10.3 Å². The van der Waals surface area contributed by atoms with Gasteiger partial charge in [-0.1, -0.05) is 47.1 Å². The van der Waals surface area contributed by atoms with Gasteiger partial charge in [0.05, 0.1) is 5.71 Å². The highest BCUT2D eigenvalue weighted by molar-refractivity contribution is 6.32. The van der Waals surface area contributed by atoms with Crippen molar-refractivity contribution in [1.29, 1.82) is 0 Å². The Bertz CT molecular complexity index is 609. The third-order valence-electron chi connectivity index (χ3n) is 2.92. The number of nitrogens with zero attached hydrogens (tertiary/aromatic N) is 1. The van der Waals surface area contributed by atoms with Crippen molar-refractivity contribution in [2.75, 3.05) is 0 Å². The van der Waals surface area contributed by atoms with Crippen LogP contribution in [0.5, 0.6) is 5.75 Å². The summed E-state index contributed by atoms with van der Waals surface area (Å²) in [5.41, 5.74) is 2.60. The molecule has 2 aromatic rings. The Kier molecular flexibility index (Phi) is 4.07. The molecule has 4 heteroatoms. The van der Waals surface area contributed by atoms with Crippen LogP contribution in [-0.2, 0) is 6.42 Å². The minimum absolute atomic E-state index is 0.0608. The smallest absolute Gasteiger partial charge is 0.125 e. The number of hydrogen-bond donors (Lipinski definition) is 2. The van der Waals surface area contributed by atoms with Crippen LogP contribution in [0.3, 0.4) is 0 Å². The zero-order valence-corrected chi connectivity index (χ0v) is 11.2. The molecular weight excluding hydrogens is 262 g/mol. The van der Waals surface area contributed by atoms with E-state index in [0.29, 0.717) is 22.7 Å². The van der Waals surface area contributed by atoms with Crippen molar-refractivity contribution in [3.8, 4) is 5.75 Å². The molecule has 0 spiro atoms. The first-order chi connectivity index (χ1) is 9.11. The number of oxime groups is 1. The van der Waals surface area contributed by atoms with Gasteiger partial charge in [-0.05, 0) is 30.2 Å². The molecule has 0 amide bonds. The van der Waals surface area contributed by atoms with Crippen molar-refractivity contribution in [3.05, 3.63) is 64.2 Å². The minimum Gasteiger partial charge on any atom is -0.507 e. The summed E-state index contributed by atoms with van der Waals surface area (Å²) in [6, 6.07) is 12.8. The number of aromatic hydroxyl groups is 1. The molecule has 98 valence electrons. The zero-order valence-electron chi connectivity index (χ0n) is 10.5. The van der Waals surface area contributed by atoms with Crippen molar-refractivity contribution < 1.29 is 10.3 Å². The fraction of sp³-hybridized carbons (Fsp3) is 0.133. The summed E-state index contributed by atoms with van der Waals surface area (Å²) in [6.45, 7) is 1.80. The highest BCUT2D eigenvalue weighted by atomic mass is 35.5. The molecule has 0 aliphatic carbocycles. The topological polar surface area (TPSA) is 52.8 Å². The second kappa shape index (κ2) is 5.76. The summed E-state index contributed by atoms with van der Waals surface area (Å²) in [4.78, 5) is 0. The van der Waals surface area contributed by atoms with Gasteiger partial charge in [0.2, 0.25) is 0 Å². The second-order valence-electron chi connectivity index (χ2n) is 4.33. The number of rotatable bonds is 3. The van der Waals surface area contributed by atoms with E-state index in [9.17, 15) is 5.11 Å². The fourth-order valence-corrected chi connectivity index (χ4v) is 2.03. The Morgan fingerprint density at radius 1 is 1.21 bits per heavy atom. The molecule has 0 saturated carbocycles. The van der Waals surface area contributed by atoms with Crippen LogP contribution < -0.4 is 0 Å². The fourth-order valence-electron chi connectivity index (χ4n) is 1.87. The highest BCUT2D eigenvalue weighted by Crippen LogP contribution is 2.27. The Balaban J connectivity index is 2.36.